The lowest BCUT2D eigenvalue weighted by molar-refractivity contribution is -0.184. The van der Waals surface area contributed by atoms with Crippen molar-refractivity contribution in [3.8, 4) is 5.75 Å². The van der Waals surface area contributed by atoms with Crippen molar-refractivity contribution in [1.29, 1.82) is 0 Å². The first kappa shape index (κ1) is 22.9. The molecule has 2 aromatic rings. The highest BCUT2D eigenvalue weighted by molar-refractivity contribution is 7.92. The van der Waals surface area contributed by atoms with Gasteiger partial charge in [-0.15, -0.1) is 0 Å². The van der Waals surface area contributed by atoms with Crippen LogP contribution in [0.3, 0.4) is 0 Å². The Bertz CT molecular complexity index is 1040. The van der Waals surface area contributed by atoms with Crippen LogP contribution in [0.15, 0.2) is 53.4 Å². The van der Waals surface area contributed by atoms with E-state index in [4.69, 9.17) is 4.74 Å². The zero-order chi connectivity index (χ0) is 22.8. The summed E-state index contributed by atoms with van der Waals surface area (Å²) in [7, 11) is -1.12. The van der Waals surface area contributed by atoms with Gasteiger partial charge in [0.2, 0.25) is 0 Å². The van der Waals surface area contributed by atoms with Crippen LogP contribution >= 0.6 is 0 Å². The van der Waals surface area contributed by atoms with Gasteiger partial charge in [0.15, 0.2) is 0 Å². The highest BCUT2D eigenvalue weighted by atomic mass is 32.2. The molecule has 0 unspecified atom stereocenters. The van der Waals surface area contributed by atoms with Crippen molar-refractivity contribution in [2.45, 2.75) is 23.9 Å². The normalized spacial score (nSPS) is 17.3. The Morgan fingerprint density at radius 1 is 1.13 bits per heavy atom. The van der Waals surface area contributed by atoms with Crippen molar-refractivity contribution >= 4 is 21.6 Å². The van der Waals surface area contributed by atoms with Gasteiger partial charge in [0.05, 0.1) is 23.6 Å². The quantitative estimate of drug-likeness (QED) is 0.684. The summed E-state index contributed by atoms with van der Waals surface area (Å²) in [5, 5.41) is 0. The third-order valence-electron chi connectivity index (χ3n) is 5.36. The Labute approximate surface area is 179 Å². The fourth-order valence-electron chi connectivity index (χ4n) is 3.56. The van der Waals surface area contributed by atoms with Gasteiger partial charge in [-0.3, -0.25) is 9.10 Å². The Hall–Kier alpha value is -2.75. The van der Waals surface area contributed by atoms with Crippen LogP contribution in [0.5, 0.6) is 5.75 Å². The maximum Gasteiger partial charge on any atom is 0.393 e. The number of sulfonamides is 1. The smallest absolute Gasteiger partial charge is 0.393 e. The molecule has 6 nitrogen and oxygen atoms in total. The van der Waals surface area contributed by atoms with Gasteiger partial charge in [-0.1, -0.05) is 12.1 Å². The van der Waals surface area contributed by atoms with Crippen molar-refractivity contribution in [1.82, 2.24) is 4.90 Å². The first-order valence-electron chi connectivity index (χ1n) is 9.63. The number of methoxy groups -OCH3 is 1. The van der Waals surface area contributed by atoms with Gasteiger partial charge in [0, 0.05) is 25.7 Å². The minimum absolute atomic E-state index is 0.000253. The number of halogens is 3. The summed E-state index contributed by atoms with van der Waals surface area (Å²) in [4.78, 5) is 13.8. The Balaban J connectivity index is 1.80. The molecular formula is C21H23F3N2O4S. The van der Waals surface area contributed by atoms with E-state index in [2.05, 4.69) is 0 Å². The fraction of sp³-hybridized carbons (Fsp3) is 0.381. The summed E-state index contributed by atoms with van der Waals surface area (Å²) in [5.74, 6) is -1.71. The summed E-state index contributed by atoms with van der Waals surface area (Å²) in [6.07, 6.45) is -4.08. The minimum atomic E-state index is -4.35. The number of piperidine rings is 1. The van der Waals surface area contributed by atoms with Crippen LogP contribution in [0.4, 0.5) is 18.9 Å². The molecule has 0 aromatic heterocycles. The second-order valence-electron chi connectivity index (χ2n) is 7.30. The topological polar surface area (TPSA) is 66.9 Å². The molecule has 168 valence electrons. The number of anilines is 1. The van der Waals surface area contributed by atoms with Gasteiger partial charge in [0.1, 0.15) is 5.75 Å². The number of hydrogen-bond acceptors (Lipinski definition) is 4. The largest absolute Gasteiger partial charge is 0.495 e. The number of carbonyl (C=O) groups excluding carboxylic acids is 1. The van der Waals surface area contributed by atoms with Crippen molar-refractivity contribution in [3.05, 3.63) is 54.1 Å². The number of likely N-dealkylation sites (tertiary alicyclic amines) is 1. The van der Waals surface area contributed by atoms with Crippen LogP contribution in [0.1, 0.15) is 23.2 Å². The van der Waals surface area contributed by atoms with E-state index in [1.807, 2.05) is 0 Å². The summed E-state index contributed by atoms with van der Waals surface area (Å²) < 4.78 is 71.3. The van der Waals surface area contributed by atoms with Gasteiger partial charge in [0.25, 0.3) is 15.9 Å². The first-order chi connectivity index (χ1) is 14.6. The average Bonchev–Trinajstić information content (AvgIpc) is 2.77. The Morgan fingerprint density at radius 3 is 2.39 bits per heavy atom. The monoisotopic (exact) mass is 456 g/mol. The number of ether oxygens (including phenoxy) is 1. The summed E-state index contributed by atoms with van der Waals surface area (Å²) in [5.41, 5.74) is 0.485. The lowest BCUT2D eigenvalue weighted by Crippen LogP contribution is -2.44. The molecule has 0 radical (unpaired) electrons. The number of rotatable bonds is 5. The third-order valence-corrected chi connectivity index (χ3v) is 7.14. The molecule has 10 heteroatoms. The van der Waals surface area contributed by atoms with Crippen LogP contribution in [0.2, 0.25) is 0 Å². The van der Waals surface area contributed by atoms with Crippen molar-refractivity contribution < 1.29 is 31.1 Å². The lowest BCUT2D eigenvalue weighted by Gasteiger charge is -2.33. The standard InChI is InChI=1S/C21H23F3N2O4S/c1-25(18-7-3-4-8-19(18)30-2)31(28,29)17-11-9-15(10-12-17)20(27)26-13-5-6-16(14-26)21(22,23)24/h3-4,7-12,16H,5-6,13-14H2,1-2H3/t16-/m0/s1. The number of alkyl halides is 3. The second-order valence-corrected chi connectivity index (χ2v) is 9.27. The minimum Gasteiger partial charge on any atom is -0.495 e. The molecular weight excluding hydrogens is 433 g/mol. The van der Waals surface area contributed by atoms with Gasteiger partial charge >= 0.3 is 6.18 Å². The zero-order valence-corrected chi connectivity index (χ0v) is 17.9. The van der Waals surface area contributed by atoms with Crippen LogP contribution in [-0.4, -0.2) is 52.6 Å². The molecule has 0 spiro atoms. The maximum absolute atomic E-state index is 13.0. The van der Waals surface area contributed by atoms with Gasteiger partial charge in [-0.25, -0.2) is 8.42 Å². The van der Waals surface area contributed by atoms with E-state index in [0.717, 1.165) is 4.31 Å². The molecule has 1 saturated heterocycles. The van der Waals surface area contributed by atoms with Crippen LogP contribution in [0.25, 0.3) is 0 Å². The first-order valence-corrected chi connectivity index (χ1v) is 11.1. The molecule has 1 amide bonds. The van der Waals surface area contributed by atoms with Gasteiger partial charge in [-0.2, -0.15) is 13.2 Å². The van der Waals surface area contributed by atoms with E-state index in [1.54, 1.807) is 24.3 Å². The SMILES string of the molecule is COc1ccccc1N(C)S(=O)(=O)c1ccc(C(=O)N2CCC[C@H](C(F)(F)F)C2)cc1. The molecule has 1 aliphatic rings. The molecule has 0 aliphatic carbocycles. The van der Waals surface area contributed by atoms with Crippen molar-refractivity contribution in [2.24, 2.45) is 5.92 Å². The van der Waals surface area contributed by atoms with Crippen molar-refractivity contribution in [3.63, 3.8) is 0 Å². The maximum atomic E-state index is 13.0. The molecule has 3 rings (SSSR count). The van der Waals surface area contributed by atoms with E-state index in [9.17, 15) is 26.4 Å². The van der Waals surface area contributed by atoms with E-state index in [1.165, 1.54) is 43.3 Å². The molecule has 0 saturated carbocycles. The number of carbonyl (C=O) groups is 1. The number of amides is 1. The Morgan fingerprint density at radius 2 is 1.77 bits per heavy atom. The average molecular weight is 456 g/mol. The number of benzene rings is 2. The lowest BCUT2D eigenvalue weighted by atomic mass is 9.97. The van der Waals surface area contributed by atoms with Crippen LogP contribution in [0, 0.1) is 5.92 Å². The van der Waals surface area contributed by atoms with E-state index >= 15 is 0 Å². The molecule has 1 fully saturated rings. The Kier molecular flexibility index (Phi) is 6.49. The zero-order valence-electron chi connectivity index (χ0n) is 17.1. The van der Waals surface area contributed by atoms with Crippen molar-refractivity contribution in [2.75, 3.05) is 31.6 Å². The summed E-state index contributed by atoms with van der Waals surface area (Å²) in [6, 6.07) is 11.8. The molecule has 1 heterocycles. The predicted octanol–water partition coefficient (Wildman–Crippen LogP) is 3.93. The molecule has 0 N–H and O–H groups in total. The molecule has 1 aliphatic heterocycles. The molecule has 2 aromatic carbocycles. The van der Waals surface area contributed by atoms with Gasteiger partial charge in [-0.05, 0) is 49.2 Å². The highest BCUT2D eigenvalue weighted by Gasteiger charge is 2.42. The van der Waals surface area contributed by atoms with E-state index < -0.39 is 28.0 Å². The molecule has 31 heavy (non-hydrogen) atoms. The highest BCUT2D eigenvalue weighted by Crippen LogP contribution is 2.34. The summed E-state index contributed by atoms with van der Waals surface area (Å²) in [6.45, 7) is -0.152. The molecule has 1 atom stereocenters. The predicted molar refractivity (Wildman–Crippen MR) is 110 cm³/mol. The van der Waals surface area contributed by atoms with Gasteiger partial charge < -0.3 is 9.64 Å². The van der Waals surface area contributed by atoms with Crippen LogP contribution in [-0.2, 0) is 10.0 Å². The third kappa shape index (κ3) is 4.79. The summed E-state index contributed by atoms with van der Waals surface area (Å²) >= 11 is 0. The fourth-order valence-corrected chi connectivity index (χ4v) is 4.76. The second kappa shape index (κ2) is 8.78. The number of hydrogen-bond donors (Lipinski definition) is 0. The molecule has 0 bridgehead atoms. The van der Waals surface area contributed by atoms with Crippen LogP contribution < -0.4 is 9.04 Å². The van der Waals surface area contributed by atoms with E-state index in [-0.39, 0.29) is 36.4 Å². The number of para-hydroxylation sites is 2. The van der Waals surface area contributed by atoms with E-state index in [0.29, 0.717) is 11.4 Å². The number of nitrogens with zero attached hydrogens (tertiary/aromatic N) is 2.